The molecule has 1 nitrogen and oxygen atoms in total. The van der Waals surface area contributed by atoms with Crippen molar-refractivity contribution in [2.45, 2.75) is 18.0 Å². The summed E-state index contributed by atoms with van der Waals surface area (Å²) in [6, 6.07) is 40.6. The van der Waals surface area contributed by atoms with Crippen molar-refractivity contribution >= 4 is 23.5 Å². The summed E-state index contributed by atoms with van der Waals surface area (Å²) in [6.07, 6.45) is 2.15. The summed E-state index contributed by atoms with van der Waals surface area (Å²) >= 11 is 1.74. The highest BCUT2D eigenvalue weighted by Gasteiger charge is 2.09. The zero-order valence-corrected chi connectivity index (χ0v) is 17.7. The average Bonchev–Trinajstić information content (AvgIpc) is 2.81. The first-order valence-corrected chi connectivity index (χ1v) is 11.1. The van der Waals surface area contributed by atoms with Gasteiger partial charge in [-0.05, 0) is 52.4 Å². The molecule has 0 fully saturated rings. The molecule has 0 aliphatic heterocycles. The molecule has 0 aliphatic carbocycles. The first-order chi connectivity index (χ1) is 14.9. The largest absolute Gasteiger partial charge is 0.363 e. The molecule has 30 heavy (non-hydrogen) atoms. The molecule has 0 radical (unpaired) electrons. The van der Waals surface area contributed by atoms with Crippen LogP contribution >= 0.6 is 11.8 Å². The smallest absolute Gasteiger partial charge is 0.0433 e. The zero-order chi connectivity index (χ0) is 20.4. The van der Waals surface area contributed by atoms with E-state index in [0.717, 1.165) is 13.1 Å². The fourth-order valence-corrected chi connectivity index (χ4v) is 4.01. The fourth-order valence-electron chi connectivity index (χ4n) is 3.34. The van der Waals surface area contributed by atoms with E-state index in [9.17, 15) is 0 Å². The number of nitrogens with zero attached hydrogens (tertiary/aromatic N) is 1. The van der Waals surface area contributed by atoms with Crippen molar-refractivity contribution in [1.82, 2.24) is 0 Å². The van der Waals surface area contributed by atoms with Gasteiger partial charge in [0.2, 0.25) is 0 Å². The van der Waals surface area contributed by atoms with E-state index >= 15 is 0 Å². The van der Waals surface area contributed by atoms with Crippen molar-refractivity contribution in [1.29, 1.82) is 0 Å². The van der Waals surface area contributed by atoms with Crippen LogP contribution in [0.3, 0.4) is 0 Å². The molecule has 0 saturated heterocycles. The van der Waals surface area contributed by atoms with E-state index in [-0.39, 0.29) is 0 Å². The van der Waals surface area contributed by atoms with E-state index in [4.69, 9.17) is 0 Å². The molecule has 0 amide bonds. The Labute approximate surface area is 183 Å². The third-order valence-electron chi connectivity index (χ3n) is 4.90. The minimum absolute atomic E-state index is 0.885. The van der Waals surface area contributed by atoms with Crippen molar-refractivity contribution in [2.75, 3.05) is 4.90 Å². The molecular formula is C28H25NS. The SMILES string of the molecule is C(=C/c1ccccc1)/Sc1ccc(N(Cc2ccccc2)Cc2ccccc2)cc1. The van der Waals surface area contributed by atoms with E-state index in [2.05, 4.69) is 126 Å². The molecule has 0 bridgehead atoms. The number of rotatable bonds is 8. The van der Waals surface area contributed by atoms with Crippen molar-refractivity contribution in [3.05, 3.63) is 137 Å². The first kappa shape index (κ1) is 20.1. The lowest BCUT2D eigenvalue weighted by Gasteiger charge is -2.25. The number of thioether (sulfide) groups is 1. The van der Waals surface area contributed by atoms with Gasteiger partial charge in [0, 0.05) is 23.7 Å². The van der Waals surface area contributed by atoms with Crippen molar-refractivity contribution in [3.8, 4) is 0 Å². The van der Waals surface area contributed by atoms with Gasteiger partial charge in [-0.25, -0.2) is 0 Å². The standard InChI is InChI=1S/C28H25NS/c1-4-10-24(11-5-1)20-21-30-28-18-16-27(17-19-28)29(22-25-12-6-2-7-13-25)23-26-14-8-3-9-15-26/h1-21H,22-23H2/b21-20-. The van der Waals surface area contributed by atoms with Gasteiger partial charge >= 0.3 is 0 Å². The highest BCUT2D eigenvalue weighted by atomic mass is 32.2. The van der Waals surface area contributed by atoms with Gasteiger partial charge in [0.25, 0.3) is 0 Å². The van der Waals surface area contributed by atoms with Crippen LogP contribution in [0, 0.1) is 0 Å². The van der Waals surface area contributed by atoms with Crippen LogP contribution in [0.2, 0.25) is 0 Å². The van der Waals surface area contributed by atoms with E-state index in [1.54, 1.807) is 11.8 Å². The molecule has 4 aromatic carbocycles. The Balaban J connectivity index is 1.47. The monoisotopic (exact) mass is 407 g/mol. The molecule has 4 rings (SSSR count). The molecule has 2 heteroatoms. The Hall–Kier alpha value is -3.23. The molecule has 0 saturated carbocycles. The lowest BCUT2D eigenvalue weighted by Crippen LogP contribution is -2.22. The van der Waals surface area contributed by atoms with Crippen molar-refractivity contribution in [2.24, 2.45) is 0 Å². The molecule has 0 aliphatic rings. The highest BCUT2D eigenvalue weighted by molar-refractivity contribution is 8.02. The summed E-state index contributed by atoms with van der Waals surface area (Å²) in [7, 11) is 0. The lowest BCUT2D eigenvalue weighted by atomic mass is 10.1. The second-order valence-electron chi connectivity index (χ2n) is 7.15. The molecule has 0 atom stereocenters. The molecule has 0 aromatic heterocycles. The molecular weight excluding hydrogens is 382 g/mol. The predicted molar refractivity (Wildman–Crippen MR) is 131 cm³/mol. The maximum absolute atomic E-state index is 2.43. The van der Waals surface area contributed by atoms with E-state index in [1.165, 1.54) is 27.3 Å². The number of anilines is 1. The van der Waals surface area contributed by atoms with Crippen molar-refractivity contribution < 1.29 is 0 Å². The Kier molecular flexibility index (Phi) is 7.03. The summed E-state index contributed by atoms with van der Waals surface area (Å²) in [5.41, 5.74) is 5.09. The van der Waals surface area contributed by atoms with Crippen LogP contribution in [0.4, 0.5) is 5.69 Å². The Morgan fingerprint density at radius 1 is 0.567 bits per heavy atom. The fraction of sp³-hybridized carbons (Fsp3) is 0.0714. The van der Waals surface area contributed by atoms with Gasteiger partial charge in [-0.15, -0.1) is 0 Å². The van der Waals surface area contributed by atoms with Crippen molar-refractivity contribution in [3.63, 3.8) is 0 Å². The third-order valence-corrected chi connectivity index (χ3v) is 5.72. The first-order valence-electron chi connectivity index (χ1n) is 10.2. The summed E-state index contributed by atoms with van der Waals surface area (Å²) < 4.78 is 0. The van der Waals surface area contributed by atoms with Crippen LogP contribution in [-0.2, 0) is 13.1 Å². The van der Waals surface area contributed by atoms with Gasteiger partial charge in [0.05, 0.1) is 0 Å². The predicted octanol–water partition coefficient (Wildman–Crippen LogP) is 7.66. The van der Waals surface area contributed by atoms with Gasteiger partial charge in [0.1, 0.15) is 0 Å². The van der Waals surface area contributed by atoms with Crippen LogP contribution in [0.25, 0.3) is 6.08 Å². The number of hydrogen-bond donors (Lipinski definition) is 0. The molecule has 4 aromatic rings. The molecule has 0 heterocycles. The Morgan fingerprint density at radius 2 is 1.07 bits per heavy atom. The van der Waals surface area contributed by atoms with Gasteiger partial charge in [0.15, 0.2) is 0 Å². The third kappa shape index (κ3) is 5.88. The van der Waals surface area contributed by atoms with E-state index < -0.39 is 0 Å². The summed E-state index contributed by atoms with van der Waals surface area (Å²) in [6.45, 7) is 1.77. The van der Waals surface area contributed by atoms with Crippen LogP contribution in [0.1, 0.15) is 16.7 Å². The van der Waals surface area contributed by atoms with E-state index in [1.807, 2.05) is 6.07 Å². The summed E-state index contributed by atoms with van der Waals surface area (Å²) in [4.78, 5) is 3.67. The second kappa shape index (κ2) is 10.5. The topological polar surface area (TPSA) is 3.24 Å². The maximum atomic E-state index is 2.43. The Bertz CT molecular complexity index is 1000. The molecule has 148 valence electrons. The average molecular weight is 408 g/mol. The molecule has 0 unspecified atom stereocenters. The quantitative estimate of drug-likeness (QED) is 0.276. The van der Waals surface area contributed by atoms with Crippen LogP contribution in [0.15, 0.2) is 126 Å². The van der Waals surface area contributed by atoms with Gasteiger partial charge in [-0.2, -0.15) is 0 Å². The minimum Gasteiger partial charge on any atom is -0.363 e. The van der Waals surface area contributed by atoms with Crippen LogP contribution in [0.5, 0.6) is 0 Å². The number of hydrogen-bond acceptors (Lipinski definition) is 2. The van der Waals surface area contributed by atoms with Crippen LogP contribution in [-0.4, -0.2) is 0 Å². The maximum Gasteiger partial charge on any atom is 0.0433 e. The number of benzene rings is 4. The molecule has 0 spiro atoms. The van der Waals surface area contributed by atoms with E-state index in [0.29, 0.717) is 0 Å². The zero-order valence-electron chi connectivity index (χ0n) is 16.9. The lowest BCUT2D eigenvalue weighted by molar-refractivity contribution is 0.799. The van der Waals surface area contributed by atoms with Crippen LogP contribution < -0.4 is 4.90 Å². The molecule has 0 N–H and O–H groups in total. The normalized spacial score (nSPS) is 10.9. The highest BCUT2D eigenvalue weighted by Crippen LogP contribution is 2.26. The summed E-state index contributed by atoms with van der Waals surface area (Å²) in [5.74, 6) is 0. The van der Waals surface area contributed by atoms with Gasteiger partial charge in [-0.3, -0.25) is 0 Å². The second-order valence-corrected chi connectivity index (χ2v) is 8.13. The minimum atomic E-state index is 0.885. The Morgan fingerprint density at radius 3 is 1.60 bits per heavy atom. The van der Waals surface area contributed by atoms with Gasteiger partial charge in [-0.1, -0.05) is 103 Å². The van der Waals surface area contributed by atoms with Gasteiger partial charge < -0.3 is 4.90 Å². The summed E-state index contributed by atoms with van der Waals surface area (Å²) in [5, 5.41) is 2.15.